The standard InChI is InChI=1S/C15H21N3O2/c1-10(2)13(18-14(19)12-5-6-12)15(20)17-9-11-4-3-7-16-8-11/h3-4,7-8,10,12-13H,5-6,9H2,1-2H3,(H,17,20)(H,18,19)/t13-/m1/s1. The van der Waals surface area contributed by atoms with Gasteiger partial charge in [-0.05, 0) is 30.4 Å². The Balaban J connectivity index is 1.87. The van der Waals surface area contributed by atoms with Crippen LogP contribution in [0.4, 0.5) is 0 Å². The zero-order valence-electron chi connectivity index (χ0n) is 11.9. The summed E-state index contributed by atoms with van der Waals surface area (Å²) in [6.07, 6.45) is 5.29. The number of hydrogen-bond acceptors (Lipinski definition) is 3. The summed E-state index contributed by atoms with van der Waals surface area (Å²) in [5.41, 5.74) is 0.942. The fourth-order valence-corrected chi connectivity index (χ4v) is 1.95. The molecule has 5 heteroatoms. The van der Waals surface area contributed by atoms with Gasteiger partial charge in [-0.3, -0.25) is 14.6 Å². The van der Waals surface area contributed by atoms with Gasteiger partial charge in [-0.2, -0.15) is 0 Å². The molecule has 1 saturated carbocycles. The quantitative estimate of drug-likeness (QED) is 0.820. The first-order valence-electron chi connectivity index (χ1n) is 7.05. The Morgan fingerprint density at radius 2 is 2.15 bits per heavy atom. The third-order valence-electron chi connectivity index (χ3n) is 3.38. The molecule has 0 aromatic carbocycles. The normalized spacial score (nSPS) is 15.8. The van der Waals surface area contributed by atoms with Crippen LogP contribution in [0, 0.1) is 11.8 Å². The minimum atomic E-state index is -0.472. The van der Waals surface area contributed by atoms with Gasteiger partial charge < -0.3 is 10.6 Å². The van der Waals surface area contributed by atoms with Crippen molar-refractivity contribution in [2.75, 3.05) is 0 Å². The maximum absolute atomic E-state index is 12.2. The number of rotatable bonds is 6. The van der Waals surface area contributed by atoms with Crippen molar-refractivity contribution in [1.29, 1.82) is 0 Å². The molecule has 0 bridgehead atoms. The fraction of sp³-hybridized carbons (Fsp3) is 0.533. The van der Waals surface area contributed by atoms with Crippen LogP contribution < -0.4 is 10.6 Å². The molecular formula is C15H21N3O2. The largest absolute Gasteiger partial charge is 0.350 e. The first kappa shape index (κ1) is 14.5. The van der Waals surface area contributed by atoms with E-state index in [9.17, 15) is 9.59 Å². The molecule has 0 saturated heterocycles. The van der Waals surface area contributed by atoms with Crippen LogP contribution in [0.25, 0.3) is 0 Å². The molecule has 0 spiro atoms. The number of aromatic nitrogens is 1. The van der Waals surface area contributed by atoms with Gasteiger partial charge in [0.25, 0.3) is 0 Å². The highest BCUT2D eigenvalue weighted by molar-refractivity contribution is 5.89. The Labute approximate surface area is 119 Å². The van der Waals surface area contributed by atoms with Crippen LogP contribution in [0.1, 0.15) is 32.3 Å². The van der Waals surface area contributed by atoms with E-state index in [1.54, 1.807) is 12.4 Å². The summed E-state index contributed by atoms with van der Waals surface area (Å²) >= 11 is 0. The molecule has 1 aliphatic carbocycles. The summed E-state index contributed by atoms with van der Waals surface area (Å²) in [6, 6.07) is 3.26. The lowest BCUT2D eigenvalue weighted by Gasteiger charge is -2.21. The van der Waals surface area contributed by atoms with Crippen molar-refractivity contribution >= 4 is 11.8 Å². The summed E-state index contributed by atoms with van der Waals surface area (Å²) in [6.45, 7) is 4.29. The molecule has 1 fully saturated rings. The average Bonchev–Trinajstić information content (AvgIpc) is 3.27. The number of hydrogen-bond donors (Lipinski definition) is 2. The Morgan fingerprint density at radius 1 is 1.40 bits per heavy atom. The second kappa shape index (κ2) is 6.50. The Kier molecular flexibility index (Phi) is 4.71. The molecule has 0 unspecified atom stereocenters. The monoisotopic (exact) mass is 275 g/mol. The third-order valence-corrected chi connectivity index (χ3v) is 3.38. The van der Waals surface area contributed by atoms with Crippen LogP contribution in [0.2, 0.25) is 0 Å². The lowest BCUT2D eigenvalue weighted by molar-refractivity contribution is -0.130. The highest BCUT2D eigenvalue weighted by Gasteiger charge is 2.33. The Hall–Kier alpha value is -1.91. The Bertz CT molecular complexity index is 469. The zero-order chi connectivity index (χ0) is 14.5. The van der Waals surface area contributed by atoms with Crippen LogP contribution in [0.5, 0.6) is 0 Å². The SMILES string of the molecule is CC(C)[C@@H](NC(=O)C1CC1)C(=O)NCc1cccnc1. The van der Waals surface area contributed by atoms with Gasteiger partial charge in [0.15, 0.2) is 0 Å². The Morgan fingerprint density at radius 3 is 2.70 bits per heavy atom. The van der Waals surface area contributed by atoms with E-state index in [0.717, 1.165) is 18.4 Å². The highest BCUT2D eigenvalue weighted by Crippen LogP contribution is 2.29. The van der Waals surface area contributed by atoms with Crippen molar-refractivity contribution in [1.82, 2.24) is 15.6 Å². The minimum Gasteiger partial charge on any atom is -0.350 e. The molecule has 108 valence electrons. The molecule has 0 aliphatic heterocycles. The fourth-order valence-electron chi connectivity index (χ4n) is 1.95. The van der Waals surface area contributed by atoms with E-state index in [1.165, 1.54) is 0 Å². The van der Waals surface area contributed by atoms with Gasteiger partial charge in [-0.25, -0.2) is 0 Å². The molecule has 20 heavy (non-hydrogen) atoms. The maximum atomic E-state index is 12.2. The lowest BCUT2D eigenvalue weighted by atomic mass is 10.0. The first-order chi connectivity index (χ1) is 9.58. The van der Waals surface area contributed by atoms with Gasteiger partial charge in [-0.1, -0.05) is 19.9 Å². The summed E-state index contributed by atoms with van der Waals surface area (Å²) in [5.74, 6) is 0.0343. The van der Waals surface area contributed by atoms with Crippen molar-refractivity contribution < 1.29 is 9.59 Å². The molecule has 2 rings (SSSR count). The van der Waals surface area contributed by atoms with Crippen molar-refractivity contribution in [3.05, 3.63) is 30.1 Å². The predicted octanol–water partition coefficient (Wildman–Crippen LogP) is 1.25. The molecule has 1 aliphatic rings. The van der Waals surface area contributed by atoms with Gasteiger partial charge >= 0.3 is 0 Å². The molecule has 1 atom stereocenters. The van der Waals surface area contributed by atoms with Gasteiger partial charge in [0, 0.05) is 24.9 Å². The van der Waals surface area contributed by atoms with E-state index in [-0.39, 0.29) is 23.7 Å². The number of pyridine rings is 1. The van der Waals surface area contributed by atoms with E-state index >= 15 is 0 Å². The van der Waals surface area contributed by atoms with E-state index in [4.69, 9.17) is 0 Å². The molecule has 1 heterocycles. The second-order valence-electron chi connectivity index (χ2n) is 5.58. The molecule has 5 nitrogen and oxygen atoms in total. The topological polar surface area (TPSA) is 71.1 Å². The zero-order valence-corrected chi connectivity index (χ0v) is 11.9. The van der Waals surface area contributed by atoms with Crippen LogP contribution in [-0.2, 0) is 16.1 Å². The lowest BCUT2D eigenvalue weighted by Crippen LogP contribution is -2.49. The van der Waals surface area contributed by atoms with Gasteiger partial charge in [0.2, 0.25) is 11.8 Å². The number of carbonyl (C=O) groups is 2. The summed E-state index contributed by atoms with van der Waals surface area (Å²) in [7, 11) is 0. The number of amides is 2. The van der Waals surface area contributed by atoms with Crippen LogP contribution >= 0.6 is 0 Å². The number of carbonyl (C=O) groups excluding carboxylic acids is 2. The molecule has 2 amide bonds. The van der Waals surface area contributed by atoms with Crippen molar-refractivity contribution in [2.24, 2.45) is 11.8 Å². The smallest absolute Gasteiger partial charge is 0.243 e. The van der Waals surface area contributed by atoms with Crippen LogP contribution in [-0.4, -0.2) is 22.8 Å². The molecule has 1 aromatic rings. The van der Waals surface area contributed by atoms with Gasteiger partial charge in [-0.15, -0.1) is 0 Å². The van der Waals surface area contributed by atoms with E-state index in [0.29, 0.717) is 6.54 Å². The van der Waals surface area contributed by atoms with Crippen molar-refractivity contribution in [2.45, 2.75) is 39.3 Å². The molecule has 2 N–H and O–H groups in total. The maximum Gasteiger partial charge on any atom is 0.243 e. The molecule has 1 aromatic heterocycles. The number of nitrogens with zero attached hydrogens (tertiary/aromatic N) is 1. The number of nitrogens with one attached hydrogen (secondary N) is 2. The summed E-state index contributed by atoms with van der Waals surface area (Å²) in [4.78, 5) is 28.0. The third kappa shape index (κ3) is 4.05. The van der Waals surface area contributed by atoms with E-state index < -0.39 is 6.04 Å². The summed E-state index contributed by atoms with van der Waals surface area (Å²) < 4.78 is 0. The van der Waals surface area contributed by atoms with Crippen molar-refractivity contribution in [3.63, 3.8) is 0 Å². The second-order valence-corrected chi connectivity index (χ2v) is 5.58. The van der Waals surface area contributed by atoms with Gasteiger partial charge in [0.1, 0.15) is 6.04 Å². The molecule has 0 radical (unpaired) electrons. The predicted molar refractivity (Wildman–Crippen MR) is 75.6 cm³/mol. The molecular weight excluding hydrogens is 254 g/mol. The average molecular weight is 275 g/mol. The van der Waals surface area contributed by atoms with E-state index in [2.05, 4.69) is 15.6 Å². The van der Waals surface area contributed by atoms with E-state index in [1.807, 2.05) is 26.0 Å². The van der Waals surface area contributed by atoms with Crippen LogP contribution in [0.15, 0.2) is 24.5 Å². The van der Waals surface area contributed by atoms with Crippen LogP contribution in [0.3, 0.4) is 0 Å². The van der Waals surface area contributed by atoms with Crippen molar-refractivity contribution in [3.8, 4) is 0 Å². The minimum absolute atomic E-state index is 0.000211. The summed E-state index contributed by atoms with van der Waals surface area (Å²) in [5, 5.41) is 5.70. The first-order valence-corrected chi connectivity index (χ1v) is 7.05. The highest BCUT2D eigenvalue weighted by atomic mass is 16.2. The van der Waals surface area contributed by atoms with Gasteiger partial charge in [0.05, 0.1) is 0 Å².